The highest BCUT2D eigenvalue weighted by Crippen LogP contribution is 2.30. The maximum absolute atomic E-state index is 4.82. The van der Waals surface area contributed by atoms with Crippen LogP contribution in [0.25, 0.3) is 0 Å². The predicted octanol–water partition coefficient (Wildman–Crippen LogP) is 7.92. The van der Waals surface area contributed by atoms with E-state index in [0.29, 0.717) is 17.8 Å². The molecule has 0 N–H and O–H groups in total. The molecule has 3 aromatic rings. The number of benzene rings is 1. The fraction of sp³-hybridized carbons (Fsp3) is 0.467. The summed E-state index contributed by atoms with van der Waals surface area (Å²) in [6, 6.07) is 11.1. The maximum atomic E-state index is 4.82. The number of hydrogen-bond donors (Lipinski definition) is 0. The fourth-order valence-electron chi connectivity index (χ4n) is 5.01. The molecular weight excluding hydrogens is 388 g/mol. The molecule has 2 nitrogen and oxygen atoms in total. The Bertz CT molecular complexity index is 1060. The van der Waals surface area contributed by atoms with Crippen molar-refractivity contribution < 1.29 is 0 Å². The Hall–Kier alpha value is -2.48. The van der Waals surface area contributed by atoms with E-state index in [9.17, 15) is 0 Å². The minimum absolute atomic E-state index is 0.432. The number of nitrogens with zero attached hydrogens (tertiary/aromatic N) is 2. The molecule has 2 unspecified atom stereocenters. The summed E-state index contributed by atoms with van der Waals surface area (Å²) in [5.41, 5.74) is 12.3. The van der Waals surface area contributed by atoms with Crippen LogP contribution in [0.15, 0.2) is 42.7 Å². The van der Waals surface area contributed by atoms with Crippen LogP contribution in [0.4, 0.5) is 0 Å². The molecule has 0 aliphatic carbocycles. The minimum atomic E-state index is 0.432. The zero-order valence-electron chi connectivity index (χ0n) is 21.3. The molecule has 0 saturated heterocycles. The van der Waals surface area contributed by atoms with Crippen LogP contribution in [-0.4, -0.2) is 9.97 Å². The molecule has 0 bridgehead atoms. The SMILES string of the molecule is Cc1cccc(C(C)Cc2ccnc(C(C)CCc3ccnc(C(C)C)c3C)c2C)c1C. The highest BCUT2D eigenvalue weighted by atomic mass is 14.7. The second-order valence-electron chi connectivity index (χ2n) is 9.95. The van der Waals surface area contributed by atoms with E-state index in [2.05, 4.69) is 90.7 Å². The van der Waals surface area contributed by atoms with Gasteiger partial charge in [0.2, 0.25) is 0 Å². The van der Waals surface area contributed by atoms with Gasteiger partial charge in [0.15, 0.2) is 0 Å². The van der Waals surface area contributed by atoms with Crippen LogP contribution < -0.4 is 0 Å². The van der Waals surface area contributed by atoms with E-state index in [1.165, 1.54) is 50.3 Å². The molecule has 0 aliphatic heterocycles. The van der Waals surface area contributed by atoms with E-state index in [1.54, 1.807) is 0 Å². The van der Waals surface area contributed by atoms with E-state index in [4.69, 9.17) is 4.98 Å². The first-order chi connectivity index (χ1) is 15.2. The van der Waals surface area contributed by atoms with Gasteiger partial charge in [-0.3, -0.25) is 9.97 Å². The third kappa shape index (κ3) is 5.28. The first-order valence-corrected chi connectivity index (χ1v) is 12.2. The van der Waals surface area contributed by atoms with Gasteiger partial charge in [-0.2, -0.15) is 0 Å². The standard InChI is InChI=1S/C30H40N2/c1-19(2)29-24(7)26(14-16-31-29)13-12-21(4)30-25(8)27(15-17-32-30)18-22(5)28-11-9-10-20(3)23(28)6/h9-11,14-17,19,21-22H,12-13,18H2,1-8H3. The normalized spacial score (nSPS) is 13.4. The molecule has 0 aliphatic rings. The predicted molar refractivity (Wildman–Crippen MR) is 137 cm³/mol. The minimum Gasteiger partial charge on any atom is -0.261 e. The molecule has 0 amide bonds. The van der Waals surface area contributed by atoms with E-state index >= 15 is 0 Å². The molecule has 32 heavy (non-hydrogen) atoms. The lowest BCUT2D eigenvalue weighted by molar-refractivity contribution is 0.647. The van der Waals surface area contributed by atoms with Crippen molar-refractivity contribution >= 4 is 0 Å². The Morgan fingerprint density at radius 1 is 0.688 bits per heavy atom. The van der Waals surface area contributed by atoms with Crippen LogP contribution in [0.5, 0.6) is 0 Å². The first-order valence-electron chi connectivity index (χ1n) is 12.2. The Morgan fingerprint density at radius 3 is 2.00 bits per heavy atom. The average molecular weight is 429 g/mol. The van der Waals surface area contributed by atoms with E-state index in [0.717, 1.165) is 19.3 Å². The van der Waals surface area contributed by atoms with Crippen molar-refractivity contribution in [3.63, 3.8) is 0 Å². The van der Waals surface area contributed by atoms with Crippen LogP contribution in [0, 0.1) is 27.7 Å². The van der Waals surface area contributed by atoms with Gasteiger partial charge in [-0.05, 0) is 116 Å². The van der Waals surface area contributed by atoms with Crippen molar-refractivity contribution in [1.82, 2.24) is 9.97 Å². The molecule has 0 saturated carbocycles. The van der Waals surface area contributed by atoms with Crippen LogP contribution in [-0.2, 0) is 12.8 Å². The van der Waals surface area contributed by atoms with Crippen molar-refractivity contribution in [2.75, 3.05) is 0 Å². The number of aromatic nitrogens is 2. The summed E-state index contributed by atoms with van der Waals surface area (Å²) in [6.45, 7) is 18.1. The quantitative estimate of drug-likeness (QED) is 0.364. The molecule has 2 aromatic heterocycles. The Labute approximate surface area is 195 Å². The summed E-state index contributed by atoms with van der Waals surface area (Å²) in [4.78, 5) is 9.42. The zero-order chi connectivity index (χ0) is 23.4. The van der Waals surface area contributed by atoms with Crippen LogP contribution in [0.3, 0.4) is 0 Å². The number of rotatable bonds is 8. The number of pyridine rings is 2. The average Bonchev–Trinajstić information content (AvgIpc) is 2.75. The smallest absolute Gasteiger partial charge is 0.0463 e. The monoisotopic (exact) mass is 428 g/mol. The lowest BCUT2D eigenvalue weighted by Crippen LogP contribution is -2.08. The van der Waals surface area contributed by atoms with Gasteiger partial charge in [-0.15, -0.1) is 0 Å². The molecule has 170 valence electrons. The molecule has 0 spiro atoms. The summed E-state index contributed by atoms with van der Waals surface area (Å²) < 4.78 is 0. The lowest BCUT2D eigenvalue weighted by atomic mass is 9.86. The van der Waals surface area contributed by atoms with Gasteiger partial charge in [0.05, 0.1) is 0 Å². The van der Waals surface area contributed by atoms with Crippen molar-refractivity contribution in [2.45, 2.75) is 92.4 Å². The van der Waals surface area contributed by atoms with Crippen LogP contribution in [0.1, 0.15) is 102 Å². The van der Waals surface area contributed by atoms with E-state index in [-0.39, 0.29) is 0 Å². The largest absolute Gasteiger partial charge is 0.261 e. The Morgan fingerprint density at radius 2 is 1.31 bits per heavy atom. The number of hydrogen-bond acceptors (Lipinski definition) is 2. The van der Waals surface area contributed by atoms with Crippen molar-refractivity contribution in [1.29, 1.82) is 0 Å². The third-order valence-corrected chi connectivity index (χ3v) is 7.27. The first kappa shape index (κ1) is 24.2. The molecule has 2 atom stereocenters. The topological polar surface area (TPSA) is 25.8 Å². The zero-order valence-corrected chi connectivity index (χ0v) is 21.3. The van der Waals surface area contributed by atoms with Crippen molar-refractivity contribution in [3.8, 4) is 0 Å². The third-order valence-electron chi connectivity index (χ3n) is 7.27. The Kier molecular flexibility index (Phi) is 7.87. The maximum Gasteiger partial charge on any atom is 0.0463 e. The van der Waals surface area contributed by atoms with E-state index in [1.807, 2.05) is 12.4 Å². The van der Waals surface area contributed by atoms with Crippen molar-refractivity contribution in [3.05, 3.63) is 93.1 Å². The van der Waals surface area contributed by atoms with Crippen LogP contribution >= 0.6 is 0 Å². The number of aryl methyl sites for hydroxylation is 2. The molecular formula is C30H40N2. The van der Waals surface area contributed by atoms with Crippen molar-refractivity contribution in [2.24, 2.45) is 0 Å². The van der Waals surface area contributed by atoms with Gasteiger partial charge in [0.25, 0.3) is 0 Å². The molecule has 2 heteroatoms. The van der Waals surface area contributed by atoms with Gasteiger partial charge < -0.3 is 0 Å². The molecule has 0 fully saturated rings. The van der Waals surface area contributed by atoms with Gasteiger partial charge >= 0.3 is 0 Å². The molecule has 2 heterocycles. The Balaban J connectivity index is 1.75. The second kappa shape index (κ2) is 10.4. The van der Waals surface area contributed by atoms with Gasteiger partial charge in [0.1, 0.15) is 0 Å². The summed E-state index contributed by atoms with van der Waals surface area (Å²) in [6.07, 6.45) is 7.21. The summed E-state index contributed by atoms with van der Waals surface area (Å²) in [7, 11) is 0. The molecule has 3 rings (SSSR count). The highest BCUT2D eigenvalue weighted by Gasteiger charge is 2.17. The lowest BCUT2D eigenvalue weighted by Gasteiger charge is -2.20. The summed E-state index contributed by atoms with van der Waals surface area (Å²) in [5, 5.41) is 0. The second-order valence-corrected chi connectivity index (χ2v) is 9.95. The van der Waals surface area contributed by atoms with Gasteiger partial charge in [-0.25, -0.2) is 0 Å². The fourth-order valence-corrected chi connectivity index (χ4v) is 5.01. The molecule has 0 radical (unpaired) electrons. The highest BCUT2D eigenvalue weighted by molar-refractivity contribution is 5.38. The summed E-state index contributed by atoms with van der Waals surface area (Å²) in [5.74, 6) is 1.39. The van der Waals surface area contributed by atoms with Crippen LogP contribution in [0.2, 0.25) is 0 Å². The van der Waals surface area contributed by atoms with Gasteiger partial charge in [-0.1, -0.05) is 45.9 Å². The van der Waals surface area contributed by atoms with Gasteiger partial charge in [0, 0.05) is 23.8 Å². The van der Waals surface area contributed by atoms with E-state index < -0.39 is 0 Å². The molecule has 1 aromatic carbocycles. The summed E-state index contributed by atoms with van der Waals surface area (Å²) >= 11 is 0.